The standard InChI is InChI=1S/C21H19ClN4O/c1-2-3-12-26-19-7-5-4-6-16(19)20(21(26)27)25-24-17-10-11-23-18-13-14(22)8-9-15(17)18/h4-11,13,27H,2-3,12H2,1H3. The van der Waals surface area contributed by atoms with Crippen LogP contribution in [0.1, 0.15) is 19.8 Å². The van der Waals surface area contributed by atoms with Crippen LogP contribution in [0.5, 0.6) is 5.88 Å². The van der Waals surface area contributed by atoms with Crippen LogP contribution in [0.25, 0.3) is 21.8 Å². The summed E-state index contributed by atoms with van der Waals surface area (Å²) in [6.45, 7) is 2.87. The highest BCUT2D eigenvalue weighted by atomic mass is 35.5. The minimum absolute atomic E-state index is 0.148. The summed E-state index contributed by atoms with van der Waals surface area (Å²) in [7, 11) is 0. The molecule has 0 fully saturated rings. The number of aryl methyl sites for hydroxylation is 1. The van der Waals surface area contributed by atoms with Gasteiger partial charge in [0.25, 0.3) is 0 Å². The predicted octanol–water partition coefficient (Wildman–Crippen LogP) is 6.76. The molecule has 4 rings (SSSR count). The lowest BCUT2D eigenvalue weighted by molar-refractivity contribution is 0.418. The molecule has 27 heavy (non-hydrogen) atoms. The van der Waals surface area contributed by atoms with Crippen molar-refractivity contribution in [3.63, 3.8) is 0 Å². The largest absolute Gasteiger partial charge is 0.493 e. The van der Waals surface area contributed by atoms with Crippen molar-refractivity contribution in [2.75, 3.05) is 0 Å². The summed E-state index contributed by atoms with van der Waals surface area (Å²) >= 11 is 6.04. The minimum atomic E-state index is 0.148. The van der Waals surface area contributed by atoms with Gasteiger partial charge in [-0.25, -0.2) is 0 Å². The van der Waals surface area contributed by atoms with Crippen LogP contribution in [0.2, 0.25) is 5.02 Å². The van der Waals surface area contributed by atoms with E-state index in [-0.39, 0.29) is 5.88 Å². The molecule has 4 aromatic rings. The van der Waals surface area contributed by atoms with Crippen molar-refractivity contribution in [1.82, 2.24) is 9.55 Å². The first-order chi connectivity index (χ1) is 13.2. The number of benzene rings is 2. The van der Waals surface area contributed by atoms with Crippen molar-refractivity contribution in [2.45, 2.75) is 26.3 Å². The maximum absolute atomic E-state index is 10.7. The van der Waals surface area contributed by atoms with Gasteiger partial charge < -0.3 is 9.67 Å². The van der Waals surface area contributed by atoms with Crippen LogP contribution in [0, 0.1) is 0 Å². The van der Waals surface area contributed by atoms with E-state index >= 15 is 0 Å². The molecule has 0 amide bonds. The minimum Gasteiger partial charge on any atom is -0.493 e. The number of hydrogen-bond acceptors (Lipinski definition) is 4. The second kappa shape index (κ2) is 7.37. The number of para-hydroxylation sites is 1. The average Bonchev–Trinajstić information content (AvgIpc) is 2.95. The monoisotopic (exact) mass is 378 g/mol. The fraction of sp³-hybridized carbons (Fsp3) is 0.190. The molecule has 0 aliphatic rings. The Morgan fingerprint density at radius 1 is 1.07 bits per heavy atom. The van der Waals surface area contributed by atoms with Crippen LogP contribution in [-0.4, -0.2) is 14.7 Å². The Morgan fingerprint density at radius 3 is 2.78 bits per heavy atom. The second-order valence-electron chi connectivity index (χ2n) is 6.39. The quantitative estimate of drug-likeness (QED) is 0.390. The molecular formula is C21H19ClN4O. The molecule has 0 atom stereocenters. The van der Waals surface area contributed by atoms with Gasteiger partial charge in [-0.1, -0.05) is 43.1 Å². The van der Waals surface area contributed by atoms with Crippen molar-refractivity contribution < 1.29 is 5.11 Å². The number of aromatic nitrogens is 2. The van der Waals surface area contributed by atoms with Gasteiger partial charge in [0.2, 0.25) is 5.88 Å². The molecule has 6 heteroatoms. The van der Waals surface area contributed by atoms with E-state index in [2.05, 4.69) is 22.1 Å². The molecule has 0 bridgehead atoms. The molecule has 0 radical (unpaired) electrons. The summed E-state index contributed by atoms with van der Waals surface area (Å²) in [5.41, 5.74) is 2.89. The Morgan fingerprint density at radius 2 is 1.93 bits per heavy atom. The molecule has 2 heterocycles. The number of halogens is 1. The topological polar surface area (TPSA) is 62.8 Å². The molecule has 0 saturated heterocycles. The fourth-order valence-corrected chi connectivity index (χ4v) is 3.38. The molecule has 2 aromatic heterocycles. The molecule has 0 unspecified atom stereocenters. The Labute approximate surface area is 161 Å². The number of pyridine rings is 1. The van der Waals surface area contributed by atoms with E-state index in [4.69, 9.17) is 11.6 Å². The van der Waals surface area contributed by atoms with E-state index in [0.717, 1.165) is 41.2 Å². The molecule has 2 aromatic carbocycles. The second-order valence-corrected chi connectivity index (χ2v) is 6.82. The number of hydrogen-bond donors (Lipinski definition) is 1. The number of azo groups is 1. The number of nitrogens with zero attached hydrogens (tertiary/aromatic N) is 4. The summed E-state index contributed by atoms with van der Waals surface area (Å²) in [4.78, 5) is 4.32. The van der Waals surface area contributed by atoms with E-state index in [0.29, 0.717) is 16.4 Å². The maximum atomic E-state index is 10.7. The third-order valence-corrected chi connectivity index (χ3v) is 4.83. The van der Waals surface area contributed by atoms with Gasteiger partial charge in [0, 0.05) is 28.5 Å². The molecular weight excluding hydrogens is 360 g/mol. The molecule has 1 N–H and O–H groups in total. The zero-order valence-electron chi connectivity index (χ0n) is 14.9. The predicted molar refractivity (Wildman–Crippen MR) is 109 cm³/mol. The smallest absolute Gasteiger partial charge is 0.220 e. The van der Waals surface area contributed by atoms with Crippen LogP contribution in [0.4, 0.5) is 11.4 Å². The third-order valence-electron chi connectivity index (χ3n) is 4.59. The Balaban J connectivity index is 1.81. The fourth-order valence-electron chi connectivity index (χ4n) is 3.21. The molecule has 5 nitrogen and oxygen atoms in total. The zero-order valence-corrected chi connectivity index (χ0v) is 15.7. The molecule has 0 aliphatic heterocycles. The third kappa shape index (κ3) is 3.26. The number of rotatable bonds is 5. The first-order valence-electron chi connectivity index (χ1n) is 8.95. The normalized spacial score (nSPS) is 11.8. The van der Waals surface area contributed by atoms with E-state index in [1.165, 1.54) is 0 Å². The summed E-state index contributed by atoms with van der Waals surface area (Å²) in [5, 5.41) is 21.9. The lowest BCUT2D eigenvalue weighted by Crippen LogP contribution is -1.96. The van der Waals surface area contributed by atoms with Gasteiger partial charge in [0.15, 0.2) is 5.69 Å². The first-order valence-corrected chi connectivity index (χ1v) is 9.33. The van der Waals surface area contributed by atoms with Crippen molar-refractivity contribution in [1.29, 1.82) is 0 Å². The first kappa shape index (κ1) is 17.5. The van der Waals surface area contributed by atoms with Gasteiger partial charge in [-0.2, -0.15) is 0 Å². The average molecular weight is 379 g/mol. The Hall–Kier alpha value is -2.92. The molecule has 0 aliphatic carbocycles. The van der Waals surface area contributed by atoms with Crippen LogP contribution in [0.15, 0.2) is 65.0 Å². The van der Waals surface area contributed by atoms with E-state index in [1.807, 2.05) is 34.9 Å². The maximum Gasteiger partial charge on any atom is 0.220 e. The highest BCUT2D eigenvalue weighted by Gasteiger charge is 2.16. The number of unbranched alkanes of at least 4 members (excludes halogenated alkanes) is 1. The van der Waals surface area contributed by atoms with Crippen molar-refractivity contribution in [2.24, 2.45) is 10.2 Å². The molecule has 0 spiro atoms. The highest BCUT2D eigenvalue weighted by Crippen LogP contribution is 2.40. The summed E-state index contributed by atoms with van der Waals surface area (Å²) in [6, 6.07) is 15.1. The Kier molecular flexibility index (Phi) is 4.77. The molecule has 0 saturated carbocycles. The van der Waals surface area contributed by atoms with Gasteiger partial charge in [0.1, 0.15) is 0 Å². The van der Waals surface area contributed by atoms with E-state index < -0.39 is 0 Å². The van der Waals surface area contributed by atoms with E-state index in [1.54, 1.807) is 24.4 Å². The lowest BCUT2D eigenvalue weighted by Gasteiger charge is -2.05. The summed E-state index contributed by atoms with van der Waals surface area (Å²) in [6.07, 6.45) is 3.71. The SMILES string of the molecule is CCCCn1c(O)c(N=Nc2ccnc3cc(Cl)ccc23)c2ccccc21. The molecule has 136 valence electrons. The van der Waals surface area contributed by atoms with Gasteiger partial charge in [-0.3, -0.25) is 4.98 Å². The van der Waals surface area contributed by atoms with E-state index in [9.17, 15) is 5.11 Å². The van der Waals surface area contributed by atoms with Crippen LogP contribution < -0.4 is 0 Å². The Bertz CT molecular complexity index is 1150. The van der Waals surface area contributed by atoms with Gasteiger partial charge in [-0.05, 0) is 36.8 Å². The van der Waals surface area contributed by atoms with Crippen molar-refractivity contribution in [3.05, 3.63) is 59.8 Å². The van der Waals surface area contributed by atoms with Gasteiger partial charge >= 0.3 is 0 Å². The van der Waals surface area contributed by atoms with Crippen LogP contribution >= 0.6 is 11.6 Å². The van der Waals surface area contributed by atoms with Crippen molar-refractivity contribution in [3.8, 4) is 5.88 Å². The van der Waals surface area contributed by atoms with Gasteiger partial charge in [-0.15, -0.1) is 10.2 Å². The number of fused-ring (bicyclic) bond motifs is 2. The summed E-state index contributed by atoms with van der Waals surface area (Å²) < 4.78 is 1.90. The van der Waals surface area contributed by atoms with Crippen LogP contribution in [0.3, 0.4) is 0 Å². The highest BCUT2D eigenvalue weighted by molar-refractivity contribution is 6.31. The van der Waals surface area contributed by atoms with Crippen molar-refractivity contribution >= 4 is 44.8 Å². The summed E-state index contributed by atoms with van der Waals surface area (Å²) in [5.74, 6) is 0.148. The number of aromatic hydroxyl groups is 1. The van der Waals surface area contributed by atoms with Gasteiger partial charge in [0.05, 0.1) is 16.7 Å². The zero-order chi connectivity index (χ0) is 18.8. The van der Waals surface area contributed by atoms with Crippen LogP contribution in [-0.2, 0) is 6.54 Å². The lowest BCUT2D eigenvalue weighted by atomic mass is 10.2.